The predicted octanol–water partition coefficient (Wildman–Crippen LogP) is 3.37. The van der Waals surface area contributed by atoms with E-state index in [1.165, 1.54) is 17.5 Å². The lowest BCUT2D eigenvalue weighted by Gasteiger charge is -2.23. The monoisotopic (exact) mass is 220 g/mol. The molecule has 0 unspecified atom stereocenters. The van der Waals surface area contributed by atoms with Crippen molar-refractivity contribution in [2.24, 2.45) is 5.92 Å². The Kier molecular flexibility index (Phi) is 4.22. The summed E-state index contributed by atoms with van der Waals surface area (Å²) in [6.07, 6.45) is 1.20. The second-order valence-electron chi connectivity index (χ2n) is 5.10. The van der Waals surface area contributed by atoms with Crippen LogP contribution < -0.4 is 10.6 Å². The first-order valence-electron chi connectivity index (χ1n) is 5.99. The molecule has 0 amide bonds. The molecule has 2 N–H and O–H groups in total. The van der Waals surface area contributed by atoms with Crippen LogP contribution in [0.4, 0.5) is 11.4 Å². The molecular weight excluding hydrogens is 196 g/mol. The van der Waals surface area contributed by atoms with Crippen molar-refractivity contribution in [3.63, 3.8) is 0 Å². The number of nitrogen functional groups attached to an aromatic ring is 1. The first kappa shape index (κ1) is 12.9. The van der Waals surface area contributed by atoms with Gasteiger partial charge < -0.3 is 10.6 Å². The maximum absolute atomic E-state index is 6.06. The zero-order valence-electron chi connectivity index (χ0n) is 11.2. The van der Waals surface area contributed by atoms with Gasteiger partial charge in [0.1, 0.15) is 0 Å². The molecule has 0 heterocycles. The highest BCUT2D eigenvalue weighted by atomic mass is 15.1. The molecule has 0 aliphatic rings. The molecule has 90 valence electrons. The molecule has 1 aromatic rings. The standard InChI is InChI=1S/C14H24N2/c1-10(2)6-7-16(5)14-9-12(4)11(3)8-13(14)15/h8-10H,6-7,15H2,1-5H3. The van der Waals surface area contributed by atoms with Crippen molar-refractivity contribution in [3.8, 4) is 0 Å². The van der Waals surface area contributed by atoms with Gasteiger partial charge in [0, 0.05) is 13.6 Å². The molecule has 1 rings (SSSR count). The van der Waals surface area contributed by atoms with Gasteiger partial charge in [0.2, 0.25) is 0 Å². The fourth-order valence-corrected chi connectivity index (χ4v) is 1.73. The van der Waals surface area contributed by atoms with Crippen molar-refractivity contribution in [2.45, 2.75) is 34.1 Å². The number of anilines is 2. The summed E-state index contributed by atoms with van der Waals surface area (Å²) in [6, 6.07) is 4.25. The molecule has 2 heteroatoms. The number of hydrogen-bond acceptors (Lipinski definition) is 2. The largest absolute Gasteiger partial charge is 0.397 e. The minimum absolute atomic E-state index is 0.732. The lowest BCUT2D eigenvalue weighted by Crippen LogP contribution is -2.21. The summed E-state index contributed by atoms with van der Waals surface area (Å²) in [6.45, 7) is 9.79. The van der Waals surface area contributed by atoms with Gasteiger partial charge in [0.05, 0.1) is 11.4 Å². The SMILES string of the molecule is Cc1cc(N)c(N(C)CCC(C)C)cc1C. The van der Waals surface area contributed by atoms with Gasteiger partial charge in [-0.1, -0.05) is 13.8 Å². The highest BCUT2D eigenvalue weighted by Crippen LogP contribution is 2.26. The highest BCUT2D eigenvalue weighted by Gasteiger charge is 2.07. The number of hydrogen-bond donors (Lipinski definition) is 1. The number of benzene rings is 1. The molecule has 16 heavy (non-hydrogen) atoms. The Hall–Kier alpha value is -1.18. The lowest BCUT2D eigenvalue weighted by atomic mass is 10.1. The Morgan fingerprint density at radius 2 is 1.75 bits per heavy atom. The second kappa shape index (κ2) is 5.24. The molecule has 0 bridgehead atoms. The summed E-state index contributed by atoms with van der Waals surface area (Å²) in [4.78, 5) is 2.25. The third-order valence-corrected chi connectivity index (χ3v) is 3.10. The van der Waals surface area contributed by atoms with Crippen molar-refractivity contribution in [3.05, 3.63) is 23.3 Å². The second-order valence-corrected chi connectivity index (χ2v) is 5.10. The van der Waals surface area contributed by atoms with E-state index in [0.717, 1.165) is 23.8 Å². The average Bonchev–Trinajstić information content (AvgIpc) is 2.20. The third-order valence-electron chi connectivity index (χ3n) is 3.10. The minimum Gasteiger partial charge on any atom is -0.397 e. The van der Waals surface area contributed by atoms with Crippen LogP contribution in [-0.2, 0) is 0 Å². The molecule has 0 aromatic heterocycles. The van der Waals surface area contributed by atoms with Crippen LogP contribution in [0.25, 0.3) is 0 Å². The molecule has 0 radical (unpaired) electrons. The predicted molar refractivity (Wildman–Crippen MR) is 73.1 cm³/mol. The molecule has 0 aliphatic heterocycles. The minimum atomic E-state index is 0.732. The van der Waals surface area contributed by atoms with Gasteiger partial charge in [-0.2, -0.15) is 0 Å². The van der Waals surface area contributed by atoms with Gasteiger partial charge in [-0.3, -0.25) is 0 Å². The molecule has 2 nitrogen and oxygen atoms in total. The normalized spacial score (nSPS) is 10.9. The van der Waals surface area contributed by atoms with E-state index in [1.807, 2.05) is 0 Å². The summed E-state index contributed by atoms with van der Waals surface area (Å²) >= 11 is 0. The molecule has 0 spiro atoms. The van der Waals surface area contributed by atoms with E-state index in [9.17, 15) is 0 Å². The Bertz CT molecular complexity index is 356. The van der Waals surface area contributed by atoms with Crippen LogP contribution in [0.15, 0.2) is 12.1 Å². The van der Waals surface area contributed by atoms with E-state index < -0.39 is 0 Å². The van der Waals surface area contributed by atoms with Crippen LogP contribution in [0.3, 0.4) is 0 Å². The van der Waals surface area contributed by atoms with Gasteiger partial charge in [0.15, 0.2) is 0 Å². The van der Waals surface area contributed by atoms with Crippen LogP contribution in [0.5, 0.6) is 0 Å². The fraction of sp³-hybridized carbons (Fsp3) is 0.571. The Morgan fingerprint density at radius 3 is 2.31 bits per heavy atom. The highest BCUT2D eigenvalue weighted by molar-refractivity contribution is 5.69. The van der Waals surface area contributed by atoms with E-state index in [1.54, 1.807) is 0 Å². The van der Waals surface area contributed by atoms with Gasteiger partial charge >= 0.3 is 0 Å². The van der Waals surface area contributed by atoms with E-state index in [2.05, 4.69) is 51.8 Å². The fourth-order valence-electron chi connectivity index (χ4n) is 1.73. The Labute approximate surface area is 99.5 Å². The lowest BCUT2D eigenvalue weighted by molar-refractivity contribution is 0.585. The zero-order valence-corrected chi connectivity index (χ0v) is 11.2. The number of nitrogens with two attached hydrogens (primary N) is 1. The maximum Gasteiger partial charge on any atom is 0.0600 e. The van der Waals surface area contributed by atoms with E-state index >= 15 is 0 Å². The van der Waals surface area contributed by atoms with Crippen molar-refractivity contribution in [2.75, 3.05) is 24.2 Å². The van der Waals surface area contributed by atoms with Crippen LogP contribution in [0.2, 0.25) is 0 Å². The van der Waals surface area contributed by atoms with Crippen molar-refractivity contribution in [1.29, 1.82) is 0 Å². The first-order chi connectivity index (χ1) is 7.41. The summed E-state index contributed by atoms with van der Waals surface area (Å²) in [5.41, 5.74) is 10.7. The quantitative estimate of drug-likeness (QED) is 0.788. The van der Waals surface area contributed by atoms with Gasteiger partial charge in [-0.25, -0.2) is 0 Å². The van der Waals surface area contributed by atoms with Crippen molar-refractivity contribution >= 4 is 11.4 Å². The van der Waals surface area contributed by atoms with Crippen molar-refractivity contribution in [1.82, 2.24) is 0 Å². The van der Waals surface area contributed by atoms with Crippen LogP contribution >= 0.6 is 0 Å². The Morgan fingerprint density at radius 1 is 1.19 bits per heavy atom. The van der Waals surface area contributed by atoms with Crippen LogP contribution in [0.1, 0.15) is 31.4 Å². The molecule has 0 saturated heterocycles. The number of aryl methyl sites for hydroxylation is 2. The molecule has 0 saturated carbocycles. The molecule has 0 aliphatic carbocycles. The van der Waals surface area contributed by atoms with E-state index in [-0.39, 0.29) is 0 Å². The molecule has 0 fully saturated rings. The van der Waals surface area contributed by atoms with E-state index in [0.29, 0.717) is 0 Å². The van der Waals surface area contributed by atoms with Gasteiger partial charge in [0.25, 0.3) is 0 Å². The zero-order chi connectivity index (χ0) is 12.3. The smallest absolute Gasteiger partial charge is 0.0600 e. The summed E-state index contributed by atoms with van der Waals surface area (Å²) in [5, 5.41) is 0. The van der Waals surface area contributed by atoms with Gasteiger partial charge in [-0.15, -0.1) is 0 Å². The van der Waals surface area contributed by atoms with Gasteiger partial charge in [-0.05, 0) is 49.4 Å². The van der Waals surface area contributed by atoms with Crippen LogP contribution in [-0.4, -0.2) is 13.6 Å². The number of nitrogens with zero attached hydrogens (tertiary/aromatic N) is 1. The summed E-state index contributed by atoms with van der Waals surface area (Å²) < 4.78 is 0. The van der Waals surface area contributed by atoms with Crippen molar-refractivity contribution < 1.29 is 0 Å². The summed E-state index contributed by atoms with van der Waals surface area (Å²) in [5.74, 6) is 0.732. The molecule has 1 aromatic carbocycles. The summed E-state index contributed by atoms with van der Waals surface area (Å²) in [7, 11) is 2.11. The topological polar surface area (TPSA) is 29.3 Å². The van der Waals surface area contributed by atoms with E-state index in [4.69, 9.17) is 5.73 Å². The number of rotatable bonds is 4. The Balaban J connectivity index is 2.82. The third kappa shape index (κ3) is 3.16. The molecular formula is C14H24N2. The average molecular weight is 220 g/mol. The maximum atomic E-state index is 6.06. The molecule has 0 atom stereocenters. The first-order valence-corrected chi connectivity index (χ1v) is 5.99. The van der Waals surface area contributed by atoms with Crippen LogP contribution in [0, 0.1) is 19.8 Å².